The molecule has 2 nitrogen and oxygen atoms in total. The monoisotopic (exact) mass is 216 g/mol. The van der Waals surface area contributed by atoms with Gasteiger partial charge in [-0.1, -0.05) is 40.0 Å². The van der Waals surface area contributed by atoms with E-state index in [0.29, 0.717) is 12.5 Å². The number of hydrogen-bond donors (Lipinski definition) is 2. The first kappa shape index (κ1) is 14.9. The summed E-state index contributed by atoms with van der Waals surface area (Å²) < 4.78 is 0. The second-order valence-corrected chi connectivity index (χ2v) is 4.49. The van der Waals surface area contributed by atoms with Crippen LogP contribution in [0.2, 0.25) is 0 Å². The van der Waals surface area contributed by atoms with Crippen LogP contribution in [0.15, 0.2) is 0 Å². The van der Waals surface area contributed by atoms with Crippen molar-refractivity contribution in [1.29, 1.82) is 0 Å². The molecule has 0 rings (SSSR count). The normalized spacial score (nSPS) is 14.2. The summed E-state index contributed by atoms with van der Waals surface area (Å²) in [6.45, 7) is 6.59. The minimum Gasteiger partial charge on any atom is -0.396 e. The molecular weight excluding hydrogens is 188 g/mol. The molecule has 0 aromatic rings. The Hall–Kier alpha value is -0.0800. The molecule has 1 unspecified atom stereocenters. The van der Waals surface area contributed by atoms with Crippen LogP contribution in [0.3, 0.4) is 0 Å². The molecule has 0 aliphatic heterocycles. The van der Waals surface area contributed by atoms with Crippen molar-refractivity contribution in [3.63, 3.8) is 0 Å². The minimum absolute atomic E-state index is 0.294. The van der Waals surface area contributed by atoms with Gasteiger partial charge in [0.15, 0.2) is 0 Å². The van der Waals surface area contributed by atoms with Gasteiger partial charge < -0.3 is 10.2 Å². The number of aliphatic hydroxyl groups is 2. The molecule has 0 radical (unpaired) electrons. The Bertz CT molecular complexity index is 141. The molecule has 0 aromatic carbocycles. The molecule has 2 heteroatoms. The van der Waals surface area contributed by atoms with Crippen molar-refractivity contribution in [1.82, 2.24) is 0 Å². The number of rotatable bonds is 9. The van der Waals surface area contributed by atoms with Crippen LogP contribution >= 0.6 is 0 Å². The molecule has 0 aliphatic rings. The van der Waals surface area contributed by atoms with Gasteiger partial charge in [-0.05, 0) is 31.6 Å². The van der Waals surface area contributed by atoms with Crippen LogP contribution < -0.4 is 0 Å². The molecule has 0 saturated heterocycles. The number of aliphatic hydroxyl groups excluding tert-OH is 1. The van der Waals surface area contributed by atoms with Gasteiger partial charge in [-0.25, -0.2) is 0 Å². The summed E-state index contributed by atoms with van der Waals surface area (Å²) in [5, 5.41) is 19.1. The highest BCUT2D eigenvalue weighted by Gasteiger charge is 2.31. The summed E-state index contributed by atoms with van der Waals surface area (Å²) >= 11 is 0. The molecule has 0 fully saturated rings. The highest BCUT2D eigenvalue weighted by Crippen LogP contribution is 2.31. The van der Waals surface area contributed by atoms with E-state index >= 15 is 0 Å². The van der Waals surface area contributed by atoms with Crippen LogP contribution in [-0.2, 0) is 0 Å². The fourth-order valence-electron chi connectivity index (χ4n) is 2.36. The van der Waals surface area contributed by atoms with Crippen LogP contribution in [-0.4, -0.2) is 22.4 Å². The van der Waals surface area contributed by atoms with E-state index in [9.17, 15) is 5.11 Å². The van der Waals surface area contributed by atoms with Gasteiger partial charge in [0.1, 0.15) is 0 Å². The van der Waals surface area contributed by atoms with Crippen LogP contribution in [0.5, 0.6) is 0 Å². The Labute approximate surface area is 94.7 Å². The predicted molar refractivity (Wildman–Crippen MR) is 64.9 cm³/mol. The zero-order chi connectivity index (χ0) is 11.7. The number of hydrogen-bond acceptors (Lipinski definition) is 2. The van der Waals surface area contributed by atoms with E-state index in [1.807, 2.05) is 0 Å². The second kappa shape index (κ2) is 8.12. The molecule has 0 aliphatic carbocycles. The fraction of sp³-hybridized carbons (Fsp3) is 1.00. The Morgan fingerprint density at radius 3 is 2.00 bits per heavy atom. The van der Waals surface area contributed by atoms with Crippen LogP contribution in [0.25, 0.3) is 0 Å². The van der Waals surface area contributed by atoms with E-state index in [-0.39, 0.29) is 0 Å². The molecule has 15 heavy (non-hydrogen) atoms. The maximum Gasteiger partial charge on any atom is 0.0670 e. The van der Waals surface area contributed by atoms with Crippen molar-refractivity contribution < 1.29 is 10.2 Å². The third-order valence-corrected chi connectivity index (χ3v) is 3.69. The lowest BCUT2D eigenvalue weighted by atomic mass is 9.78. The van der Waals surface area contributed by atoms with Gasteiger partial charge in [0, 0.05) is 6.61 Å². The second-order valence-electron chi connectivity index (χ2n) is 4.49. The average Bonchev–Trinajstić information content (AvgIpc) is 2.28. The van der Waals surface area contributed by atoms with Gasteiger partial charge in [-0.2, -0.15) is 0 Å². The molecule has 0 saturated carbocycles. The maximum absolute atomic E-state index is 10.4. The van der Waals surface area contributed by atoms with Crippen LogP contribution in [0.4, 0.5) is 0 Å². The van der Waals surface area contributed by atoms with Crippen molar-refractivity contribution in [3.05, 3.63) is 0 Å². The van der Waals surface area contributed by atoms with Gasteiger partial charge >= 0.3 is 0 Å². The van der Waals surface area contributed by atoms with E-state index in [1.165, 1.54) is 0 Å². The summed E-state index contributed by atoms with van der Waals surface area (Å²) in [7, 11) is 0. The quantitative estimate of drug-likeness (QED) is 0.581. The standard InChI is InChI=1S/C13H28O2/c1-4-12(10-8-7-9-11-14)13(15,5-2)6-3/h12,14-15H,4-11H2,1-3H3. The predicted octanol–water partition coefficient (Wildman–Crippen LogP) is 3.12. The van der Waals surface area contributed by atoms with Crippen molar-refractivity contribution >= 4 is 0 Å². The zero-order valence-electron chi connectivity index (χ0n) is 10.6. The molecule has 92 valence electrons. The molecule has 1 atom stereocenters. The van der Waals surface area contributed by atoms with Crippen molar-refractivity contribution in [2.75, 3.05) is 6.61 Å². The van der Waals surface area contributed by atoms with Crippen LogP contribution in [0, 0.1) is 5.92 Å². The van der Waals surface area contributed by atoms with E-state index < -0.39 is 5.60 Å². The lowest BCUT2D eigenvalue weighted by Gasteiger charge is -2.34. The molecule has 0 heterocycles. The summed E-state index contributed by atoms with van der Waals surface area (Å²) in [5.41, 5.74) is -0.464. The average molecular weight is 216 g/mol. The molecule has 2 N–H and O–H groups in total. The van der Waals surface area contributed by atoms with Gasteiger partial charge in [0.05, 0.1) is 5.60 Å². The first-order valence-corrected chi connectivity index (χ1v) is 6.47. The largest absolute Gasteiger partial charge is 0.396 e. The maximum atomic E-state index is 10.4. The Morgan fingerprint density at radius 2 is 1.60 bits per heavy atom. The highest BCUT2D eigenvalue weighted by molar-refractivity contribution is 4.83. The summed E-state index contributed by atoms with van der Waals surface area (Å²) in [5.74, 6) is 0.422. The first-order chi connectivity index (χ1) is 7.14. The van der Waals surface area contributed by atoms with Crippen molar-refractivity contribution in [3.8, 4) is 0 Å². The highest BCUT2D eigenvalue weighted by atomic mass is 16.3. The van der Waals surface area contributed by atoms with Crippen molar-refractivity contribution in [2.45, 2.75) is 71.3 Å². The lowest BCUT2D eigenvalue weighted by Crippen LogP contribution is -2.36. The molecular formula is C13H28O2. The minimum atomic E-state index is -0.464. The Morgan fingerprint density at radius 1 is 1.00 bits per heavy atom. The van der Waals surface area contributed by atoms with E-state index in [1.54, 1.807) is 0 Å². The SMILES string of the molecule is CCC(CCCCCO)C(O)(CC)CC. The first-order valence-electron chi connectivity index (χ1n) is 6.47. The summed E-state index contributed by atoms with van der Waals surface area (Å²) in [4.78, 5) is 0. The van der Waals surface area contributed by atoms with Crippen LogP contribution in [0.1, 0.15) is 65.7 Å². The third kappa shape index (κ3) is 4.98. The van der Waals surface area contributed by atoms with Gasteiger partial charge in [0.2, 0.25) is 0 Å². The lowest BCUT2D eigenvalue weighted by molar-refractivity contribution is -0.0315. The summed E-state index contributed by atoms with van der Waals surface area (Å²) in [6.07, 6.45) is 6.95. The van der Waals surface area contributed by atoms with Gasteiger partial charge in [0.25, 0.3) is 0 Å². The topological polar surface area (TPSA) is 40.5 Å². The number of unbranched alkanes of at least 4 members (excludes halogenated alkanes) is 2. The van der Waals surface area contributed by atoms with Crippen molar-refractivity contribution in [2.24, 2.45) is 5.92 Å². The Kier molecular flexibility index (Phi) is 8.07. The van der Waals surface area contributed by atoms with Gasteiger partial charge in [-0.3, -0.25) is 0 Å². The Balaban J connectivity index is 3.99. The van der Waals surface area contributed by atoms with E-state index in [4.69, 9.17) is 5.11 Å². The van der Waals surface area contributed by atoms with E-state index in [2.05, 4.69) is 20.8 Å². The smallest absolute Gasteiger partial charge is 0.0670 e. The fourth-order valence-corrected chi connectivity index (χ4v) is 2.36. The summed E-state index contributed by atoms with van der Waals surface area (Å²) in [6, 6.07) is 0. The molecule has 0 amide bonds. The molecule has 0 aromatic heterocycles. The molecule has 0 bridgehead atoms. The zero-order valence-corrected chi connectivity index (χ0v) is 10.6. The third-order valence-electron chi connectivity index (χ3n) is 3.69. The van der Waals surface area contributed by atoms with Gasteiger partial charge in [-0.15, -0.1) is 0 Å². The molecule has 0 spiro atoms. The van der Waals surface area contributed by atoms with E-state index in [0.717, 1.165) is 44.9 Å².